The fourth-order valence-corrected chi connectivity index (χ4v) is 7.12. The number of amides is 1. The Hall–Kier alpha value is -2.55. The average molecular weight is 603 g/mol. The lowest BCUT2D eigenvalue weighted by Gasteiger charge is -2.42. The zero-order chi connectivity index (χ0) is 29.6. The third-order valence-electron chi connectivity index (χ3n) is 8.84. The highest BCUT2D eigenvalue weighted by molar-refractivity contribution is 7.90. The lowest BCUT2D eigenvalue weighted by Crippen LogP contribution is -2.43. The molecule has 0 bridgehead atoms. The van der Waals surface area contributed by atoms with E-state index in [0.29, 0.717) is 18.9 Å². The summed E-state index contributed by atoms with van der Waals surface area (Å²) in [5.41, 5.74) is 4.70. The fourth-order valence-electron chi connectivity index (χ4n) is 5.85. The van der Waals surface area contributed by atoms with E-state index in [2.05, 4.69) is 42.2 Å². The van der Waals surface area contributed by atoms with Gasteiger partial charge in [0.05, 0.1) is 17.0 Å². The van der Waals surface area contributed by atoms with Crippen molar-refractivity contribution in [2.45, 2.75) is 77.3 Å². The number of aryl methyl sites for hydroxylation is 2. The Morgan fingerprint density at radius 2 is 1.95 bits per heavy atom. The number of hydrogen-bond donors (Lipinski definition) is 2. The van der Waals surface area contributed by atoms with Crippen molar-refractivity contribution in [1.29, 1.82) is 0 Å². The van der Waals surface area contributed by atoms with Crippen molar-refractivity contribution in [2.24, 2.45) is 17.8 Å². The van der Waals surface area contributed by atoms with Gasteiger partial charge in [-0.2, -0.15) is 0 Å². The summed E-state index contributed by atoms with van der Waals surface area (Å²) < 4.78 is 32.5. The molecule has 0 aromatic heterocycles. The molecule has 1 aliphatic carbocycles. The van der Waals surface area contributed by atoms with E-state index in [4.69, 9.17) is 16.3 Å². The van der Waals surface area contributed by atoms with Crippen LogP contribution >= 0.6 is 11.6 Å². The highest BCUT2D eigenvalue weighted by Crippen LogP contribution is 2.40. The lowest BCUT2D eigenvalue weighted by molar-refractivity contribution is -0.108. The van der Waals surface area contributed by atoms with E-state index >= 15 is 0 Å². The number of sulfonamides is 1. The fraction of sp³-hybridized carbons (Fsp3) is 0.531. The second kappa shape index (κ2) is 14.1. The van der Waals surface area contributed by atoms with E-state index in [-0.39, 0.29) is 18.2 Å². The summed E-state index contributed by atoms with van der Waals surface area (Å²) in [7, 11) is -3.69. The molecule has 4 rings (SSSR count). The number of carbonyl (C=O) groups excluding carboxylic acids is 1. The Morgan fingerprint density at radius 3 is 2.68 bits per heavy atom. The Labute approximate surface area is 250 Å². The van der Waals surface area contributed by atoms with Gasteiger partial charge in [0.1, 0.15) is 12.4 Å². The lowest BCUT2D eigenvalue weighted by atomic mass is 9.70. The van der Waals surface area contributed by atoms with Gasteiger partial charge in [-0.3, -0.25) is 9.52 Å². The third-order valence-corrected chi connectivity index (χ3v) is 10.9. The molecule has 0 radical (unpaired) electrons. The maximum absolute atomic E-state index is 12.1. The van der Waals surface area contributed by atoms with E-state index in [1.165, 1.54) is 16.7 Å². The van der Waals surface area contributed by atoms with Crippen molar-refractivity contribution in [1.82, 2.24) is 4.72 Å². The number of ether oxygens (including phenoxy) is 1. The number of halogens is 1. The van der Waals surface area contributed by atoms with Gasteiger partial charge in [0.15, 0.2) is 0 Å². The average Bonchev–Trinajstić information content (AvgIpc) is 2.94. The molecule has 9 heteroatoms. The number of fused-ring (bicyclic) bond motifs is 2. The van der Waals surface area contributed by atoms with Gasteiger partial charge in [-0.15, -0.1) is 0 Å². The van der Waals surface area contributed by atoms with Crippen molar-refractivity contribution >= 4 is 33.7 Å². The van der Waals surface area contributed by atoms with Crippen LogP contribution < -0.4 is 14.4 Å². The van der Waals surface area contributed by atoms with E-state index in [1.54, 1.807) is 6.92 Å². The molecule has 2 aromatic carbocycles. The topological polar surface area (TPSA) is 95.9 Å². The first-order valence-electron chi connectivity index (χ1n) is 14.6. The van der Waals surface area contributed by atoms with E-state index in [9.17, 15) is 18.3 Å². The van der Waals surface area contributed by atoms with Crippen molar-refractivity contribution in [3.05, 3.63) is 70.3 Å². The summed E-state index contributed by atoms with van der Waals surface area (Å²) in [6, 6.07) is 12.4. The summed E-state index contributed by atoms with van der Waals surface area (Å²) in [6.07, 6.45) is 8.88. The summed E-state index contributed by atoms with van der Waals surface area (Å²) in [5.74, 6) is 1.17. The second-order valence-electron chi connectivity index (χ2n) is 11.7. The first kappa shape index (κ1) is 31.4. The number of nitrogens with one attached hydrogen (secondary N) is 1. The molecule has 2 aromatic rings. The highest BCUT2D eigenvalue weighted by Gasteiger charge is 2.36. The van der Waals surface area contributed by atoms with Gasteiger partial charge in [-0.05, 0) is 111 Å². The summed E-state index contributed by atoms with van der Waals surface area (Å²) >= 11 is 6.29. The minimum atomic E-state index is -3.69. The van der Waals surface area contributed by atoms with Gasteiger partial charge in [0, 0.05) is 18.1 Å². The third kappa shape index (κ3) is 8.05. The number of aliphatic hydroxyl groups excluding tert-OH is 1. The Kier molecular flexibility index (Phi) is 10.8. The predicted molar refractivity (Wildman–Crippen MR) is 165 cm³/mol. The summed E-state index contributed by atoms with van der Waals surface area (Å²) in [4.78, 5) is 13.1. The molecule has 1 amide bonds. The highest BCUT2D eigenvalue weighted by atomic mass is 35.5. The smallest absolute Gasteiger partial charge is 0.237 e. The molecule has 41 heavy (non-hydrogen) atoms. The molecule has 2 N–H and O–H groups in total. The zero-order valence-electron chi connectivity index (χ0n) is 24.3. The molecule has 2 aliphatic rings. The quantitative estimate of drug-likeness (QED) is 0.263. The van der Waals surface area contributed by atoms with Crippen molar-refractivity contribution in [3.8, 4) is 5.75 Å². The molecule has 0 unspecified atom stereocenters. The van der Waals surface area contributed by atoms with Crippen LogP contribution in [0.4, 0.5) is 5.69 Å². The van der Waals surface area contributed by atoms with E-state index in [1.807, 2.05) is 29.9 Å². The maximum Gasteiger partial charge on any atom is 0.237 e. The first-order chi connectivity index (χ1) is 19.6. The SMILES string of the molecule is Cc1ccc2c(c1)N(C[C@@H]1CC[C@H]1[C@@H](O)/C=C/C[C@H](C)[C@@H](C)S(=O)(=O)NC=O)CCCCc1cc(Cl)ccc1CO2. The molecule has 1 saturated carbocycles. The standard InChI is InChI=1S/C32H43ClN2O5S/c1-22-10-15-32-30(17-22)35(16-5-4-8-25-18-28(33)13-11-27(25)20-40-32)19-26-12-14-29(26)31(37)9-6-7-23(2)24(3)41(38,39)34-21-36/h6,9-11,13,15,17-18,21,23-24,26,29,31,37H,4-5,7-8,12,14,16,19-20H2,1-3H3,(H,34,36)/b9-6+/t23-,24+,26-,29+,31-/m0/s1. The van der Waals surface area contributed by atoms with Crippen LogP contribution in [0.15, 0.2) is 48.6 Å². The van der Waals surface area contributed by atoms with E-state index < -0.39 is 21.4 Å². The van der Waals surface area contributed by atoms with Gasteiger partial charge < -0.3 is 14.7 Å². The maximum atomic E-state index is 12.1. The van der Waals surface area contributed by atoms with Crippen LogP contribution in [-0.4, -0.2) is 44.4 Å². The Morgan fingerprint density at radius 1 is 1.15 bits per heavy atom. The Bertz CT molecular complexity index is 1330. The van der Waals surface area contributed by atoms with Crippen LogP contribution in [0, 0.1) is 24.7 Å². The zero-order valence-corrected chi connectivity index (χ0v) is 25.8. The summed E-state index contributed by atoms with van der Waals surface area (Å²) in [6.45, 7) is 7.77. The number of hydrogen-bond acceptors (Lipinski definition) is 6. The van der Waals surface area contributed by atoms with Gasteiger partial charge in [-0.25, -0.2) is 8.42 Å². The van der Waals surface area contributed by atoms with Crippen molar-refractivity contribution in [3.63, 3.8) is 0 Å². The number of anilines is 1. The van der Waals surface area contributed by atoms with Gasteiger partial charge >= 0.3 is 0 Å². The summed E-state index contributed by atoms with van der Waals surface area (Å²) in [5, 5.41) is 11.1. The molecule has 1 heterocycles. The minimum Gasteiger partial charge on any atom is -0.487 e. The van der Waals surface area contributed by atoms with Crippen molar-refractivity contribution < 1.29 is 23.1 Å². The number of aliphatic hydroxyl groups is 1. The molecule has 1 aliphatic heterocycles. The predicted octanol–water partition coefficient (Wildman–Crippen LogP) is 5.80. The molecule has 224 valence electrons. The Balaban J connectivity index is 1.43. The van der Waals surface area contributed by atoms with Crippen LogP contribution in [-0.2, 0) is 27.8 Å². The molecule has 7 nitrogen and oxygen atoms in total. The molecule has 0 spiro atoms. The molecule has 0 saturated heterocycles. The van der Waals surface area contributed by atoms with Crippen LogP contribution in [0.5, 0.6) is 5.75 Å². The van der Waals surface area contributed by atoms with Crippen LogP contribution in [0.25, 0.3) is 0 Å². The van der Waals surface area contributed by atoms with Gasteiger partial charge in [0.25, 0.3) is 0 Å². The monoisotopic (exact) mass is 602 g/mol. The van der Waals surface area contributed by atoms with E-state index in [0.717, 1.165) is 61.7 Å². The number of allylic oxidation sites excluding steroid dienone is 1. The first-order valence-corrected chi connectivity index (χ1v) is 16.6. The largest absolute Gasteiger partial charge is 0.487 e. The number of carbonyl (C=O) groups is 1. The number of rotatable bonds is 10. The van der Waals surface area contributed by atoms with Gasteiger partial charge in [0.2, 0.25) is 16.4 Å². The molecular formula is C32H43ClN2O5S. The second-order valence-corrected chi connectivity index (χ2v) is 14.2. The molecule has 5 atom stereocenters. The van der Waals surface area contributed by atoms with Crippen molar-refractivity contribution in [2.75, 3.05) is 18.0 Å². The minimum absolute atomic E-state index is 0.151. The normalized spacial score (nSPS) is 21.8. The molecular weight excluding hydrogens is 560 g/mol. The number of benzene rings is 2. The number of nitrogens with zero attached hydrogens (tertiary/aromatic N) is 1. The van der Waals surface area contributed by atoms with Crippen LogP contribution in [0.1, 0.15) is 62.6 Å². The van der Waals surface area contributed by atoms with Crippen LogP contribution in [0.2, 0.25) is 5.02 Å². The van der Waals surface area contributed by atoms with Gasteiger partial charge in [-0.1, -0.05) is 42.8 Å². The molecule has 1 fully saturated rings. The van der Waals surface area contributed by atoms with Crippen LogP contribution in [0.3, 0.4) is 0 Å².